The number of hydrogen-bond acceptors (Lipinski definition) is 10. The third kappa shape index (κ3) is 11.3. The van der Waals surface area contributed by atoms with Crippen molar-refractivity contribution in [2.24, 2.45) is 11.7 Å². The lowest BCUT2D eigenvalue weighted by Crippen LogP contribution is -3.00. The number of hydrogen-bond donors (Lipinski definition) is 6. The van der Waals surface area contributed by atoms with Gasteiger partial charge in [-0.1, -0.05) is 6.92 Å². The van der Waals surface area contributed by atoms with E-state index in [1.807, 2.05) is 5.38 Å². The van der Waals surface area contributed by atoms with E-state index in [0.717, 1.165) is 17.2 Å². The molecule has 7 N–H and O–H groups in total. The van der Waals surface area contributed by atoms with Gasteiger partial charge >= 0.3 is 0 Å². The minimum absolute atomic E-state index is 0. The van der Waals surface area contributed by atoms with E-state index >= 15 is 0 Å². The van der Waals surface area contributed by atoms with Crippen molar-refractivity contribution < 1.29 is 37.0 Å². The fraction of sp³-hybridized carbons (Fsp3) is 0.625. The number of halogens is 1. The Bertz CT molecular complexity index is 1060. The van der Waals surface area contributed by atoms with Gasteiger partial charge in [0.1, 0.15) is 28.2 Å². The molecule has 2 aromatic rings. The molecule has 11 nitrogen and oxygen atoms in total. The Morgan fingerprint density at radius 3 is 2.33 bits per heavy atom. The molecule has 0 radical (unpaired) electrons. The van der Waals surface area contributed by atoms with Crippen molar-refractivity contribution >= 4 is 51.3 Å². The van der Waals surface area contributed by atoms with Gasteiger partial charge in [0.25, 0.3) is 5.91 Å². The fourth-order valence-corrected chi connectivity index (χ4v) is 5.71. The maximum Gasteiger partial charge on any atom is 0.270 e. The van der Waals surface area contributed by atoms with Crippen LogP contribution in [-0.4, -0.2) is 93.5 Å². The van der Waals surface area contributed by atoms with Crippen LogP contribution < -0.4 is 34.1 Å². The SMILES string of the molecule is C[C@H](C(=O)N[C@H](C(=O)NCCc1nc(-c2nc(C(=O)NCCC[S+](C)C)cs2)cs1)[C@@H](C)O)[C@H](O)[C@@H](C)N.[Cl-]. The van der Waals surface area contributed by atoms with Gasteiger partial charge < -0.3 is 44.3 Å². The molecule has 0 unspecified atom stereocenters. The molecule has 15 heteroatoms. The van der Waals surface area contributed by atoms with Crippen LogP contribution in [-0.2, 0) is 26.9 Å². The van der Waals surface area contributed by atoms with Crippen molar-refractivity contribution in [3.63, 3.8) is 0 Å². The molecule has 2 heterocycles. The zero-order valence-electron chi connectivity index (χ0n) is 22.8. The van der Waals surface area contributed by atoms with Gasteiger partial charge in [-0.3, -0.25) is 14.4 Å². The molecule has 220 valence electrons. The normalized spacial score (nSPS) is 15.0. The summed E-state index contributed by atoms with van der Waals surface area (Å²) in [6, 6.07) is -1.80. The second kappa shape index (κ2) is 17.1. The van der Waals surface area contributed by atoms with Gasteiger partial charge in [0.15, 0.2) is 0 Å². The monoisotopic (exact) mass is 622 g/mol. The van der Waals surface area contributed by atoms with Crippen molar-refractivity contribution in [1.82, 2.24) is 25.9 Å². The molecule has 5 atom stereocenters. The lowest BCUT2D eigenvalue weighted by atomic mass is 9.98. The third-order valence-electron chi connectivity index (χ3n) is 5.69. The van der Waals surface area contributed by atoms with Gasteiger partial charge in [-0.2, -0.15) is 0 Å². The number of rotatable bonds is 15. The predicted molar refractivity (Wildman–Crippen MR) is 153 cm³/mol. The van der Waals surface area contributed by atoms with E-state index in [9.17, 15) is 24.6 Å². The van der Waals surface area contributed by atoms with Crippen LogP contribution in [0.4, 0.5) is 0 Å². The van der Waals surface area contributed by atoms with Gasteiger partial charge in [0.05, 0.1) is 35.6 Å². The second-order valence-corrected chi connectivity index (χ2v) is 13.6. The maximum atomic E-state index is 12.6. The summed E-state index contributed by atoms with van der Waals surface area (Å²) < 4.78 is 0. The lowest BCUT2D eigenvalue weighted by Gasteiger charge is -2.26. The van der Waals surface area contributed by atoms with Crippen molar-refractivity contribution in [3.8, 4) is 10.7 Å². The van der Waals surface area contributed by atoms with Gasteiger partial charge in [0, 0.05) is 42.7 Å². The Morgan fingerprint density at radius 2 is 1.72 bits per heavy atom. The first-order valence-corrected chi connectivity index (χ1v) is 16.3. The van der Waals surface area contributed by atoms with Crippen LogP contribution in [0.1, 0.15) is 42.7 Å². The summed E-state index contributed by atoms with van der Waals surface area (Å²) in [7, 11) is 0.354. The summed E-state index contributed by atoms with van der Waals surface area (Å²) in [6.45, 7) is 5.35. The number of aromatic nitrogens is 2. The standard InChI is InChI=1S/C24H38N6O5S3.ClH/c1-13(20(32)14(2)25)21(33)30-19(15(3)31)23(35)27-9-7-18-28-17(12-36-18)24-29-16(11-37-24)22(34)26-8-6-10-38(4)5;/h11-15,19-20,31-32H,6-10,25H2,1-5H3,(H2-,26,27,30,33,34,35);1H/t13-,14+,15+,19-,20-;/m0./s1. The molecule has 0 bridgehead atoms. The zero-order chi connectivity index (χ0) is 28.4. The van der Waals surface area contributed by atoms with Crippen LogP contribution in [0, 0.1) is 5.92 Å². The molecule has 0 aliphatic rings. The van der Waals surface area contributed by atoms with Crippen LogP contribution in [0.25, 0.3) is 10.7 Å². The summed E-state index contributed by atoms with van der Waals surface area (Å²) in [6.07, 6.45) is 3.50. The summed E-state index contributed by atoms with van der Waals surface area (Å²) in [4.78, 5) is 46.3. The molecule has 2 rings (SSSR count). The van der Waals surface area contributed by atoms with Crippen LogP contribution in [0.3, 0.4) is 0 Å². The molecular formula is C24H39ClN6O5S3. The molecule has 0 aliphatic carbocycles. The first-order chi connectivity index (χ1) is 17.9. The van der Waals surface area contributed by atoms with Crippen molar-refractivity contribution in [2.75, 3.05) is 31.4 Å². The molecule has 39 heavy (non-hydrogen) atoms. The number of nitrogens with one attached hydrogen (secondary N) is 3. The predicted octanol–water partition coefficient (Wildman–Crippen LogP) is -2.86. The van der Waals surface area contributed by atoms with E-state index in [1.165, 1.54) is 36.5 Å². The molecule has 0 spiro atoms. The Hall–Kier alpha value is -1.81. The van der Waals surface area contributed by atoms with Crippen LogP contribution in [0.5, 0.6) is 0 Å². The Labute approximate surface area is 246 Å². The maximum absolute atomic E-state index is 12.6. The number of nitrogens with two attached hydrogens (primary N) is 1. The molecule has 0 aromatic carbocycles. The number of carbonyl (C=O) groups excluding carboxylic acids is 3. The number of nitrogens with zero attached hydrogens (tertiary/aromatic N) is 2. The Balaban J connectivity index is 0.00000760. The Morgan fingerprint density at radius 1 is 1.03 bits per heavy atom. The fourth-order valence-electron chi connectivity index (χ4n) is 3.38. The van der Waals surface area contributed by atoms with Crippen LogP contribution in [0.15, 0.2) is 10.8 Å². The van der Waals surface area contributed by atoms with Gasteiger partial charge in [-0.25, -0.2) is 9.97 Å². The average molecular weight is 623 g/mol. The van der Waals surface area contributed by atoms with E-state index in [1.54, 1.807) is 12.3 Å². The highest BCUT2D eigenvalue weighted by Crippen LogP contribution is 2.25. The summed E-state index contributed by atoms with van der Waals surface area (Å²) in [5.74, 6) is -1.08. The summed E-state index contributed by atoms with van der Waals surface area (Å²) in [5, 5.41) is 33.1. The van der Waals surface area contributed by atoms with Crippen LogP contribution in [0.2, 0.25) is 0 Å². The summed E-state index contributed by atoms with van der Waals surface area (Å²) in [5.41, 5.74) is 6.68. The molecule has 3 amide bonds. The van der Waals surface area contributed by atoms with E-state index in [-0.39, 0.29) is 24.9 Å². The van der Waals surface area contributed by atoms with E-state index < -0.39 is 42.0 Å². The van der Waals surface area contributed by atoms with Gasteiger partial charge in [-0.15, -0.1) is 22.7 Å². The highest BCUT2D eigenvalue weighted by atomic mass is 35.5. The number of aliphatic hydroxyl groups excluding tert-OH is 2. The smallest absolute Gasteiger partial charge is 0.270 e. The van der Waals surface area contributed by atoms with Crippen LogP contribution >= 0.6 is 22.7 Å². The molecule has 0 saturated carbocycles. The molecule has 0 aliphatic heterocycles. The first kappa shape index (κ1) is 35.2. The quantitative estimate of drug-likeness (QED) is 0.0906. The molecule has 0 saturated heterocycles. The van der Waals surface area contributed by atoms with Crippen molar-refractivity contribution in [2.45, 2.75) is 57.9 Å². The Kier molecular flexibility index (Phi) is 15.4. The first-order valence-electron chi connectivity index (χ1n) is 12.3. The zero-order valence-corrected chi connectivity index (χ0v) is 26.0. The van der Waals surface area contributed by atoms with Crippen molar-refractivity contribution in [1.29, 1.82) is 0 Å². The number of aliphatic hydroxyl groups is 2. The molecule has 2 aromatic heterocycles. The highest BCUT2D eigenvalue weighted by molar-refractivity contribution is 7.95. The number of amides is 3. The van der Waals surface area contributed by atoms with E-state index in [0.29, 0.717) is 40.3 Å². The average Bonchev–Trinajstić information content (AvgIpc) is 3.53. The minimum atomic E-state index is -1.18. The minimum Gasteiger partial charge on any atom is -1.00 e. The van der Waals surface area contributed by atoms with Gasteiger partial charge in [0.2, 0.25) is 11.8 Å². The van der Waals surface area contributed by atoms with Crippen molar-refractivity contribution in [3.05, 3.63) is 21.5 Å². The molecule has 0 fully saturated rings. The van der Waals surface area contributed by atoms with E-state index in [4.69, 9.17) is 5.73 Å². The second-order valence-electron chi connectivity index (χ2n) is 9.37. The largest absolute Gasteiger partial charge is 1.00 e. The number of thiazole rings is 2. The summed E-state index contributed by atoms with van der Waals surface area (Å²) >= 11 is 2.76. The third-order valence-corrected chi connectivity index (χ3v) is 8.57. The highest BCUT2D eigenvalue weighted by Gasteiger charge is 2.31. The van der Waals surface area contributed by atoms with Gasteiger partial charge in [-0.05, 0) is 24.7 Å². The number of carbonyl (C=O) groups is 3. The molecular weight excluding hydrogens is 584 g/mol. The topological polar surface area (TPSA) is 180 Å². The van der Waals surface area contributed by atoms with E-state index in [2.05, 4.69) is 38.4 Å². The lowest BCUT2D eigenvalue weighted by molar-refractivity contribution is -0.135.